The van der Waals surface area contributed by atoms with Crippen molar-refractivity contribution in [3.8, 4) is 0 Å². The molecule has 22 heavy (non-hydrogen) atoms. The van der Waals surface area contributed by atoms with Gasteiger partial charge in [-0.05, 0) is 24.6 Å². The van der Waals surface area contributed by atoms with E-state index in [0.717, 1.165) is 5.56 Å². The number of nitrogens with zero attached hydrogens (tertiary/aromatic N) is 1. The van der Waals surface area contributed by atoms with E-state index in [1.165, 1.54) is 13.1 Å². The zero-order valence-electron chi connectivity index (χ0n) is 12.5. The number of aliphatic hydroxyl groups is 1. The van der Waals surface area contributed by atoms with Gasteiger partial charge in [0.2, 0.25) is 0 Å². The number of hydrogen-bond acceptors (Lipinski definition) is 4. The molecule has 5 heteroatoms. The van der Waals surface area contributed by atoms with Gasteiger partial charge in [0, 0.05) is 12.6 Å². The summed E-state index contributed by atoms with van der Waals surface area (Å²) < 4.78 is 0. The Labute approximate surface area is 129 Å². The van der Waals surface area contributed by atoms with Gasteiger partial charge < -0.3 is 10.4 Å². The van der Waals surface area contributed by atoms with Crippen molar-refractivity contribution >= 4 is 12.2 Å². The molecule has 1 aromatic carbocycles. The third-order valence-electron chi connectivity index (χ3n) is 3.42. The van der Waals surface area contributed by atoms with Crippen LogP contribution in [0.25, 0.3) is 0 Å². The van der Waals surface area contributed by atoms with Crippen LogP contribution in [0.5, 0.6) is 0 Å². The summed E-state index contributed by atoms with van der Waals surface area (Å²) in [5, 5.41) is 12.6. The highest BCUT2D eigenvalue weighted by Crippen LogP contribution is 2.27. The summed E-state index contributed by atoms with van der Waals surface area (Å²) in [7, 11) is 1.50. The molecule has 2 N–H and O–H groups in total. The predicted octanol–water partition coefficient (Wildman–Crippen LogP) is 1.77. The molecule has 114 valence electrons. The molecule has 2 aromatic rings. The molecular formula is C17H18N2O3. The van der Waals surface area contributed by atoms with Gasteiger partial charge in [0.1, 0.15) is 12.0 Å². The number of nitrogens with one attached hydrogen (secondary N) is 1. The van der Waals surface area contributed by atoms with E-state index >= 15 is 0 Å². The Hall–Kier alpha value is -2.53. The molecule has 0 fully saturated rings. The molecule has 0 radical (unpaired) electrons. The predicted molar refractivity (Wildman–Crippen MR) is 83.0 cm³/mol. The molecule has 0 spiro atoms. The minimum absolute atomic E-state index is 0.156. The van der Waals surface area contributed by atoms with Crippen LogP contribution in [-0.2, 0) is 0 Å². The maximum Gasteiger partial charge on any atom is 0.269 e. The first-order valence-corrected chi connectivity index (χ1v) is 6.99. The summed E-state index contributed by atoms with van der Waals surface area (Å²) in [6.07, 6.45) is -0.0452. The Morgan fingerprint density at radius 1 is 1.27 bits per heavy atom. The van der Waals surface area contributed by atoms with E-state index < -0.39 is 12.0 Å². The molecule has 1 aromatic heterocycles. The lowest BCUT2D eigenvalue weighted by atomic mass is 9.90. The first-order chi connectivity index (χ1) is 10.6. The SMILES string of the molecule is CNC(=O)c1cc(C=O)cc(C(c2ccccc2)C(C)O)n1. The van der Waals surface area contributed by atoms with E-state index in [9.17, 15) is 14.7 Å². The lowest BCUT2D eigenvalue weighted by Crippen LogP contribution is -2.23. The largest absolute Gasteiger partial charge is 0.392 e. The number of carbonyl (C=O) groups excluding carboxylic acids is 2. The van der Waals surface area contributed by atoms with Gasteiger partial charge >= 0.3 is 0 Å². The molecule has 2 atom stereocenters. The second-order valence-corrected chi connectivity index (χ2v) is 5.04. The lowest BCUT2D eigenvalue weighted by molar-refractivity contribution is 0.0957. The normalized spacial score (nSPS) is 13.2. The van der Waals surface area contributed by atoms with Crippen LogP contribution in [0, 0.1) is 0 Å². The monoisotopic (exact) mass is 298 g/mol. The first-order valence-electron chi connectivity index (χ1n) is 6.99. The molecule has 0 bridgehead atoms. The Morgan fingerprint density at radius 2 is 1.95 bits per heavy atom. The number of aldehydes is 1. The number of benzene rings is 1. The molecule has 5 nitrogen and oxygen atoms in total. The van der Waals surface area contributed by atoms with Crippen LogP contribution in [0.3, 0.4) is 0 Å². The minimum atomic E-state index is -0.714. The Bertz CT molecular complexity index is 669. The van der Waals surface area contributed by atoms with E-state index in [0.29, 0.717) is 17.5 Å². The van der Waals surface area contributed by atoms with Gasteiger partial charge in [-0.25, -0.2) is 4.98 Å². The smallest absolute Gasteiger partial charge is 0.269 e. The maximum absolute atomic E-state index is 11.8. The third kappa shape index (κ3) is 3.38. The fourth-order valence-corrected chi connectivity index (χ4v) is 2.40. The van der Waals surface area contributed by atoms with Crippen molar-refractivity contribution in [2.75, 3.05) is 7.05 Å². The van der Waals surface area contributed by atoms with E-state index in [1.807, 2.05) is 30.3 Å². The maximum atomic E-state index is 11.8. The van der Waals surface area contributed by atoms with Gasteiger partial charge in [-0.3, -0.25) is 9.59 Å². The van der Waals surface area contributed by atoms with Crippen LogP contribution in [0.2, 0.25) is 0 Å². The van der Waals surface area contributed by atoms with E-state index in [2.05, 4.69) is 10.3 Å². The minimum Gasteiger partial charge on any atom is -0.392 e. The van der Waals surface area contributed by atoms with E-state index in [4.69, 9.17) is 0 Å². The van der Waals surface area contributed by atoms with Crippen LogP contribution in [0.15, 0.2) is 42.5 Å². The Kier molecular flexibility index (Phi) is 5.01. The molecule has 0 aliphatic carbocycles. The lowest BCUT2D eigenvalue weighted by Gasteiger charge is -2.21. The molecule has 0 saturated carbocycles. The van der Waals surface area contributed by atoms with E-state index in [-0.39, 0.29) is 11.6 Å². The van der Waals surface area contributed by atoms with Crippen LogP contribution in [0.1, 0.15) is 44.9 Å². The van der Waals surface area contributed by atoms with Gasteiger partial charge in [-0.15, -0.1) is 0 Å². The van der Waals surface area contributed by atoms with Gasteiger partial charge in [-0.2, -0.15) is 0 Å². The Morgan fingerprint density at radius 3 is 2.50 bits per heavy atom. The Balaban J connectivity index is 2.56. The summed E-state index contributed by atoms with van der Waals surface area (Å²) >= 11 is 0. The van der Waals surface area contributed by atoms with Crippen LogP contribution >= 0.6 is 0 Å². The van der Waals surface area contributed by atoms with Crippen LogP contribution in [-0.4, -0.2) is 35.4 Å². The van der Waals surface area contributed by atoms with Crippen molar-refractivity contribution < 1.29 is 14.7 Å². The number of amides is 1. The van der Waals surface area contributed by atoms with Crippen molar-refractivity contribution in [1.82, 2.24) is 10.3 Å². The summed E-state index contributed by atoms with van der Waals surface area (Å²) in [4.78, 5) is 27.3. The molecule has 1 amide bonds. The summed E-state index contributed by atoms with van der Waals surface area (Å²) in [6.45, 7) is 1.66. The topological polar surface area (TPSA) is 79.3 Å². The van der Waals surface area contributed by atoms with Gasteiger partial charge in [0.25, 0.3) is 5.91 Å². The van der Waals surface area contributed by atoms with Crippen molar-refractivity contribution in [2.24, 2.45) is 0 Å². The highest BCUT2D eigenvalue weighted by Gasteiger charge is 2.23. The number of rotatable bonds is 5. The third-order valence-corrected chi connectivity index (χ3v) is 3.42. The number of hydrogen-bond donors (Lipinski definition) is 2. The molecule has 0 aliphatic heterocycles. The molecular weight excluding hydrogens is 280 g/mol. The van der Waals surface area contributed by atoms with Crippen molar-refractivity contribution in [3.05, 3.63) is 65.0 Å². The highest BCUT2D eigenvalue weighted by molar-refractivity contribution is 5.93. The van der Waals surface area contributed by atoms with Crippen LogP contribution in [0.4, 0.5) is 0 Å². The average molecular weight is 298 g/mol. The van der Waals surface area contributed by atoms with Crippen molar-refractivity contribution in [2.45, 2.75) is 18.9 Å². The number of pyridine rings is 1. The van der Waals surface area contributed by atoms with Gasteiger partial charge in [0.05, 0.1) is 17.7 Å². The number of aliphatic hydroxyl groups excluding tert-OH is 1. The molecule has 0 saturated heterocycles. The second-order valence-electron chi connectivity index (χ2n) is 5.04. The summed E-state index contributed by atoms with van der Waals surface area (Å²) in [6, 6.07) is 12.4. The first kappa shape index (κ1) is 15.9. The summed E-state index contributed by atoms with van der Waals surface area (Å²) in [5.74, 6) is -0.785. The highest BCUT2D eigenvalue weighted by atomic mass is 16.3. The van der Waals surface area contributed by atoms with Crippen LogP contribution < -0.4 is 5.32 Å². The van der Waals surface area contributed by atoms with E-state index in [1.54, 1.807) is 13.0 Å². The van der Waals surface area contributed by atoms with Crippen molar-refractivity contribution in [3.63, 3.8) is 0 Å². The molecule has 2 unspecified atom stereocenters. The molecule has 1 heterocycles. The quantitative estimate of drug-likeness (QED) is 0.824. The van der Waals surface area contributed by atoms with Crippen molar-refractivity contribution in [1.29, 1.82) is 0 Å². The zero-order valence-corrected chi connectivity index (χ0v) is 12.5. The van der Waals surface area contributed by atoms with Gasteiger partial charge in [0.15, 0.2) is 0 Å². The fraction of sp³-hybridized carbons (Fsp3) is 0.235. The fourth-order valence-electron chi connectivity index (χ4n) is 2.40. The molecule has 0 aliphatic rings. The molecule has 2 rings (SSSR count). The van der Waals surface area contributed by atoms with Gasteiger partial charge in [-0.1, -0.05) is 30.3 Å². The zero-order chi connectivity index (χ0) is 16.1. The standard InChI is InChI=1S/C17H18N2O3/c1-11(21)16(13-6-4-3-5-7-13)14-8-12(10-20)9-15(19-14)17(22)18-2/h3-11,16,21H,1-2H3,(H,18,22). The number of aromatic nitrogens is 1. The summed E-state index contributed by atoms with van der Waals surface area (Å²) in [5.41, 5.74) is 1.87. The second kappa shape index (κ2) is 6.95. The number of carbonyl (C=O) groups is 2. The average Bonchev–Trinajstić information content (AvgIpc) is 2.54.